The number of hydrogen-bond acceptors (Lipinski definition) is 2. The molecule has 0 saturated carbocycles. The van der Waals surface area contributed by atoms with Crippen LogP contribution in [0.4, 0.5) is 4.39 Å². The molecule has 0 atom stereocenters. The Balaban J connectivity index is 2.72. The number of halogens is 1. The van der Waals surface area contributed by atoms with Crippen LogP contribution in [0.2, 0.25) is 0 Å². The first-order valence-electron chi connectivity index (χ1n) is 5.48. The monoisotopic (exact) mass is 234 g/mol. The summed E-state index contributed by atoms with van der Waals surface area (Å²) in [7, 11) is 3.60. The average molecular weight is 234 g/mol. The number of ketones is 1. The van der Waals surface area contributed by atoms with E-state index in [9.17, 15) is 9.18 Å². The van der Waals surface area contributed by atoms with E-state index in [1.807, 2.05) is 18.5 Å². The zero-order valence-corrected chi connectivity index (χ0v) is 10.2. The lowest BCUT2D eigenvalue weighted by molar-refractivity contribution is 0.0994. The van der Waals surface area contributed by atoms with Crippen molar-refractivity contribution in [1.82, 2.24) is 9.88 Å². The highest BCUT2D eigenvalue weighted by atomic mass is 19.1. The van der Waals surface area contributed by atoms with Crippen LogP contribution >= 0.6 is 0 Å². The summed E-state index contributed by atoms with van der Waals surface area (Å²) in [5, 5.41) is 3.51. The average Bonchev–Trinajstić information content (AvgIpc) is 2.51. The minimum Gasteiger partial charge on any atom is -0.347 e. The van der Waals surface area contributed by atoms with Crippen molar-refractivity contribution in [3.63, 3.8) is 0 Å². The zero-order chi connectivity index (χ0) is 12.6. The van der Waals surface area contributed by atoms with E-state index in [-0.39, 0.29) is 18.1 Å². The number of aromatic nitrogens is 1. The molecule has 1 heterocycles. The zero-order valence-electron chi connectivity index (χ0n) is 10.2. The summed E-state index contributed by atoms with van der Waals surface area (Å²) in [6.45, 7) is 2.14. The van der Waals surface area contributed by atoms with Gasteiger partial charge in [-0.15, -0.1) is 0 Å². The molecule has 0 amide bonds. The Morgan fingerprint density at radius 2 is 2.18 bits per heavy atom. The van der Waals surface area contributed by atoms with Gasteiger partial charge in [-0.05, 0) is 32.2 Å². The molecular weight excluding hydrogens is 219 g/mol. The normalized spacial score (nSPS) is 11.1. The molecule has 0 unspecified atom stereocenters. The van der Waals surface area contributed by atoms with Gasteiger partial charge < -0.3 is 9.88 Å². The summed E-state index contributed by atoms with van der Waals surface area (Å²) in [5.41, 5.74) is 2.35. The van der Waals surface area contributed by atoms with Gasteiger partial charge in [-0.3, -0.25) is 4.79 Å². The van der Waals surface area contributed by atoms with Crippen molar-refractivity contribution in [1.29, 1.82) is 0 Å². The molecule has 1 N–H and O–H groups in total. The predicted octanol–water partition coefficient (Wildman–Crippen LogP) is 2.03. The minimum atomic E-state index is -0.318. The summed E-state index contributed by atoms with van der Waals surface area (Å²) in [6.07, 6.45) is 0. The number of rotatable bonds is 3. The van der Waals surface area contributed by atoms with Crippen LogP contribution in [0.15, 0.2) is 18.2 Å². The van der Waals surface area contributed by atoms with Crippen LogP contribution in [0, 0.1) is 12.7 Å². The SMILES string of the molecule is CNCC(=O)c1c(C)n(C)c2ccc(F)cc12. The summed E-state index contributed by atoms with van der Waals surface area (Å²) < 4.78 is 15.2. The van der Waals surface area contributed by atoms with Crippen molar-refractivity contribution in [2.24, 2.45) is 7.05 Å². The lowest BCUT2D eigenvalue weighted by atomic mass is 10.1. The molecule has 3 nitrogen and oxygen atoms in total. The first-order chi connectivity index (χ1) is 8.06. The van der Waals surface area contributed by atoms with E-state index in [1.165, 1.54) is 12.1 Å². The Morgan fingerprint density at radius 1 is 1.47 bits per heavy atom. The second kappa shape index (κ2) is 4.30. The Labute approximate surface area is 99.2 Å². The summed E-state index contributed by atoms with van der Waals surface area (Å²) in [4.78, 5) is 12.0. The van der Waals surface area contributed by atoms with Gasteiger partial charge >= 0.3 is 0 Å². The van der Waals surface area contributed by atoms with E-state index in [2.05, 4.69) is 5.32 Å². The summed E-state index contributed by atoms with van der Waals surface area (Å²) in [6, 6.07) is 4.53. The fourth-order valence-electron chi connectivity index (χ4n) is 2.15. The third-order valence-corrected chi connectivity index (χ3v) is 3.07. The van der Waals surface area contributed by atoms with Crippen molar-refractivity contribution in [3.05, 3.63) is 35.3 Å². The van der Waals surface area contributed by atoms with Crippen LogP contribution in [-0.4, -0.2) is 23.9 Å². The summed E-state index contributed by atoms with van der Waals surface area (Å²) in [5.74, 6) is -0.331. The van der Waals surface area contributed by atoms with Gasteiger partial charge in [-0.1, -0.05) is 0 Å². The van der Waals surface area contributed by atoms with Gasteiger partial charge in [-0.25, -0.2) is 4.39 Å². The van der Waals surface area contributed by atoms with Gasteiger partial charge in [0, 0.05) is 29.2 Å². The molecule has 0 aliphatic carbocycles. The topological polar surface area (TPSA) is 34.0 Å². The molecule has 1 aromatic carbocycles. The highest BCUT2D eigenvalue weighted by Crippen LogP contribution is 2.25. The molecule has 90 valence electrons. The van der Waals surface area contributed by atoms with Crippen molar-refractivity contribution < 1.29 is 9.18 Å². The fraction of sp³-hybridized carbons (Fsp3) is 0.308. The van der Waals surface area contributed by atoms with Gasteiger partial charge in [0.25, 0.3) is 0 Å². The number of aryl methyl sites for hydroxylation is 1. The van der Waals surface area contributed by atoms with E-state index in [0.29, 0.717) is 10.9 Å². The Bertz CT molecular complexity index is 587. The number of hydrogen-bond donors (Lipinski definition) is 1. The molecule has 1 aromatic heterocycles. The molecule has 2 aromatic rings. The number of nitrogens with one attached hydrogen (secondary N) is 1. The first-order valence-corrected chi connectivity index (χ1v) is 5.48. The van der Waals surface area contributed by atoms with Gasteiger partial charge in [0.15, 0.2) is 5.78 Å². The highest BCUT2D eigenvalue weighted by Gasteiger charge is 2.18. The molecule has 0 saturated heterocycles. The molecule has 0 spiro atoms. The van der Waals surface area contributed by atoms with E-state index < -0.39 is 0 Å². The van der Waals surface area contributed by atoms with Crippen LogP contribution in [-0.2, 0) is 7.05 Å². The van der Waals surface area contributed by atoms with Crippen molar-refractivity contribution in [3.8, 4) is 0 Å². The summed E-state index contributed by atoms with van der Waals surface area (Å²) >= 11 is 0. The number of likely N-dealkylation sites (N-methyl/N-ethyl adjacent to an activating group) is 1. The molecule has 0 bridgehead atoms. The number of benzene rings is 1. The van der Waals surface area contributed by atoms with E-state index >= 15 is 0 Å². The largest absolute Gasteiger partial charge is 0.347 e. The maximum Gasteiger partial charge on any atom is 0.179 e. The number of nitrogens with zero attached hydrogens (tertiary/aromatic N) is 1. The quantitative estimate of drug-likeness (QED) is 0.824. The molecule has 17 heavy (non-hydrogen) atoms. The van der Waals surface area contributed by atoms with E-state index in [4.69, 9.17) is 0 Å². The van der Waals surface area contributed by atoms with Crippen LogP contribution in [0.1, 0.15) is 16.1 Å². The third-order valence-electron chi connectivity index (χ3n) is 3.07. The van der Waals surface area contributed by atoms with Gasteiger partial charge in [0.1, 0.15) is 5.82 Å². The number of fused-ring (bicyclic) bond motifs is 1. The second-order valence-electron chi connectivity index (χ2n) is 4.13. The second-order valence-corrected chi connectivity index (χ2v) is 4.13. The standard InChI is InChI=1S/C13H15FN2O/c1-8-13(12(17)7-15-2)10-6-9(14)4-5-11(10)16(8)3/h4-6,15H,7H2,1-3H3. The first kappa shape index (κ1) is 11.8. The third kappa shape index (κ3) is 1.85. The molecule has 0 aliphatic rings. The van der Waals surface area contributed by atoms with Crippen molar-refractivity contribution in [2.45, 2.75) is 6.92 Å². The Morgan fingerprint density at radius 3 is 2.82 bits per heavy atom. The predicted molar refractivity (Wildman–Crippen MR) is 65.9 cm³/mol. The van der Waals surface area contributed by atoms with Crippen LogP contribution in [0.3, 0.4) is 0 Å². The van der Waals surface area contributed by atoms with Gasteiger partial charge in [0.05, 0.1) is 6.54 Å². The molecular formula is C13H15FN2O. The molecule has 2 rings (SSSR count). The Kier molecular flexibility index (Phi) is 2.98. The lowest BCUT2D eigenvalue weighted by Gasteiger charge is -2.01. The number of carbonyl (C=O) groups is 1. The van der Waals surface area contributed by atoms with Crippen molar-refractivity contribution in [2.75, 3.05) is 13.6 Å². The molecule has 0 radical (unpaired) electrons. The molecule has 4 heteroatoms. The van der Waals surface area contributed by atoms with Crippen LogP contribution < -0.4 is 5.32 Å². The molecule has 0 aliphatic heterocycles. The highest BCUT2D eigenvalue weighted by molar-refractivity contribution is 6.10. The lowest BCUT2D eigenvalue weighted by Crippen LogP contribution is -2.19. The maximum absolute atomic E-state index is 13.3. The van der Waals surface area contributed by atoms with Crippen LogP contribution in [0.5, 0.6) is 0 Å². The van der Waals surface area contributed by atoms with Gasteiger partial charge in [-0.2, -0.15) is 0 Å². The van der Waals surface area contributed by atoms with E-state index in [1.54, 1.807) is 13.1 Å². The van der Waals surface area contributed by atoms with Crippen molar-refractivity contribution >= 4 is 16.7 Å². The Hall–Kier alpha value is -1.68. The molecule has 0 fully saturated rings. The maximum atomic E-state index is 13.3. The number of Topliss-reactive ketones (excluding diaryl/α,β-unsaturated/α-hetero) is 1. The van der Waals surface area contributed by atoms with E-state index in [0.717, 1.165) is 11.2 Å². The van der Waals surface area contributed by atoms with Crippen LogP contribution in [0.25, 0.3) is 10.9 Å². The fourth-order valence-corrected chi connectivity index (χ4v) is 2.15. The number of carbonyl (C=O) groups excluding carboxylic acids is 1. The smallest absolute Gasteiger partial charge is 0.179 e. The minimum absolute atomic E-state index is 0.0128. The van der Waals surface area contributed by atoms with Gasteiger partial charge in [0.2, 0.25) is 0 Å².